The highest BCUT2D eigenvalue weighted by Crippen LogP contribution is 2.32. The van der Waals surface area contributed by atoms with Gasteiger partial charge in [-0.3, -0.25) is 9.59 Å². The summed E-state index contributed by atoms with van der Waals surface area (Å²) >= 11 is 0. The summed E-state index contributed by atoms with van der Waals surface area (Å²) in [4.78, 5) is 23.3. The molecule has 1 aliphatic carbocycles. The van der Waals surface area contributed by atoms with E-state index >= 15 is 0 Å². The molecule has 1 heterocycles. The normalized spacial score (nSPS) is 23.5. The standard InChI is InChI=1S/C16H19FN2O4/c17-10-3-4-11(14(7-10)22-8-9-1-2-9)19-16(21)13-6-5-12(23-13)15(18)20/h3-4,7,9,12-13H,1-2,5-6,8H2,(H2,18,20)(H,19,21)/t12-,13+/m0/s1. The number of hydrogen-bond acceptors (Lipinski definition) is 4. The first-order chi connectivity index (χ1) is 11.0. The Balaban J connectivity index is 1.64. The van der Waals surface area contributed by atoms with Crippen molar-refractivity contribution in [2.45, 2.75) is 37.9 Å². The van der Waals surface area contributed by atoms with Crippen molar-refractivity contribution in [3.05, 3.63) is 24.0 Å². The summed E-state index contributed by atoms with van der Waals surface area (Å²) in [5.74, 6) is -0.585. The van der Waals surface area contributed by atoms with Crippen molar-refractivity contribution >= 4 is 17.5 Å². The molecule has 124 valence electrons. The number of anilines is 1. The summed E-state index contributed by atoms with van der Waals surface area (Å²) in [5, 5.41) is 2.68. The summed E-state index contributed by atoms with van der Waals surface area (Å²) in [6, 6.07) is 3.96. The van der Waals surface area contributed by atoms with Gasteiger partial charge in [0.05, 0.1) is 12.3 Å². The lowest BCUT2D eigenvalue weighted by molar-refractivity contribution is -0.134. The van der Waals surface area contributed by atoms with E-state index in [9.17, 15) is 14.0 Å². The summed E-state index contributed by atoms with van der Waals surface area (Å²) in [6.07, 6.45) is 1.59. The van der Waals surface area contributed by atoms with Crippen LogP contribution in [0.1, 0.15) is 25.7 Å². The highest BCUT2D eigenvalue weighted by atomic mass is 19.1. The fraction of sp³-hybridized carbons (Fsp3) is 0.500. The lowest BCUT2D eigenvalue weighted by atomic mass is 10.2. The number of benzene rings is 1. The SMILES string of the molecule is NC(=O)[C@@H]1CC[C@H](C(=O)Nc2ccc(F)cc2OCC2CC2)O1. The Morgan fingerprint density at radius 2 is 2.00 bits per heavy atom. The number of primary amides is 1. The molecular formula is C16H19FN2O4. The van der Waals surface area contributed by atoms with Gasteiger partial charge in [0.2, 0.25) is 5.91 Å². The van der Waals surface area contributed by atoms with Crippen LogP contribution in [0.5, 0.6) is 5.75 Å². The lowest BCUT2D eigenvalue weighted by Gasteiger charge is -2.15. The van der Waals surface area contributed by atoms with Crippen LogP contribution in [0, 0.1) is 11.7 Å². The monoisotopic (exact) mass is 322 g/mol. The molecule has 2 atom stereocenters. The zero-order valence-electron chi connectivity index (χ0n) is 12.6. The lowest BCUT2D eigenvalue weighted by Crippen LogP contribution is -2.32. The van der Waals surface area contributed by atoms with E-state index in [1.165, 1.54) is 18.2 Å². The van der Waals surface area contributed by atoms with Gasteiger partial charge in [-0.2, -0.15) is 0 Å². The minimum absolute atomic E-state index is 0.301. The van der Waals surface area contributed by atoms with Crippen molar-refractivity contribution in [1.29, 1.82) is 0 Å². The fourth-order valence-electron chi connectivity index (χ4n) is 2.46. The average molecular weight is 322 g/mol. The van der Waals surface area contributed by atoms with Gasteiger partial charge >= 0.3 is 0 Å². The van der Waals surface area contributed by atoms with E-state index in [0.717, 1.165) is 12.8 Å². The fourth-order valence-corrected chi connectivity index (χ4v) is 2.46. The first-order valence-corrected chi connectivity index (χ1v) is 7.71. The molecule has 1 aliphatic heterocycles. The molecule has 3 N–H and O–H groups in total. The van der Waals surface area contributed by atoms with E-state index < -0.39 is 29.8 Å². The van der Waals surface area contributed by atoms with Crippen LogP contribution < -0.4 is 15.8 Å². The zero-order chi connectivity index (χ0) is 16.4. The number of rotatable bonds is 6. The van der Waals surface area contributed by atoms with Gasteiger partial charge in [0.1, 0.15) is 23.8 Å². The maximum atomic E-state index is 13.4. The second-order valence-electron chi connectivity index (χ2n) is 5.98. The molecule has 1 aromatic carbocycles. The quantitative estimate of drug-likeness (QED) is 0.832. The molecule has 2 aliphatic rings. The van der Waals surface area contributed by atoms with Gasteiger partial charge in [0, 0.05) is 6.07 Å². The minimum atomic E-state index is -0.742. The molecule has 1 saturated heterocycles. The van der Waals surface area contributed by atoms with E-state index in [-0.39, 0.29) is 0 Å². The van der Waals surface area contributed by atoms with E-state index in [2.05, 4.69) is 5.32 Å². The molecule has 2 fully saturated rings. The Morgan fingerprint density at radius 1 is 1.26 bits per heavy atom. The minimum Gasteiger partial charge on any atom is -0.491 e. The van der Waals surface area contributed by atoms with Crippen molar-refractivity contribution in [2.24, 2.45) is 11.7 Å². The van der Waals surface area contributed by atoms with Crippen molar-refractivity contribution in [1.82, 2.24) is 0 Å². The van der Waals surface area contributed by atoms with Crippen LogP contribution >= 0.6 is 0 Å². The molecule has 0 bridgehead atoms. The van der Waals surface area contributed by atoms with Crippen molar-refractivity contribution in [3.63, 3.8) is 0 Å². The summed E-state index contributed by atoms with van der Waals surface area (Å²) < 4.78 is 24.3. The first kappa shape index (κ1) is 15.7. The first-order valence-electron chi connectivity index (χ1n) is 7.71. The van der Waals surface area contributed by atoms with E-state index in [0.29, 0.717) is 36.8 Å². The average Bonchev–Trinajstić information content (AvgIpc) is 3.20. The Bertz CT molecular complexity index is 618. The smallest absolute Gasteiger partial charge is 0.253 e. The topological polar surface area (TPSA) is 90.7 Å². The third kappa shape index (κ3) is 3.98. The Kier molecular flexibility index (Phi) is 4.47. The van der Waals surface area contributed by atoms with Gasteiger partial charge in [-0.05, 0) is 43.7 Å². The zero-order valence-corrected chi connectivity index (χ0v) is 12.6. The van der Waals surface area contributed by atoms with Gasteiger partial charge in [-0.15, -0.1) is 0 Å². The van der Waals surface area contributed by atoms with Crippen LogP contribution in [-0.2, 0) is 14.3 Å². The van der Waals surface area contributed by atoms with E-state index in [1.54, 1.807) is 0 Å². The molecule has 2 amide bonds. The number of halogens is 1. The second-order valence-corrected chi connectivity index (χ2v) is 5.98. The second kappa shape index (κ2) is 6.54. The summed E-state index contributed by atoms with van der Waals surface area (Å²) in [6.45, 7) is 0.510. The molecule has 0 radical (unpaired) electrons. The van der Waals surface area contributed by atoms with Crippen LogP contribution in [0.25, 0.3) is 0 Å². The van der Waals surface area contributed by atoms with Crippen LogP contribution in [0.15, 0.2) is 18.2 Å². The van der Waals surface area contributed by atoms with Gasteiger partial charge in [-0.1, -0.05) is 0 Å². The largest absolute Gasteiger partial charge is 0.491 e. The van der Waals surface area contributed by atoms with Gasteiger partial charge in [-0.25, -0.2) is 4.39 Å². The van der Waals surface area contributed by atoms with Gasteiger partial charge in [0.15, 0.2) is 0 Å². The number of nitrogens with two attached hydrogens (primary N) is 1. The molecule has 0 spiro atoms. The third-order valence-electron chi connectivity index (χ3n) is 4.00. The molecule has 1 aromatic rings. The number of hydrogen-bond donors (Lipinski definition) is 2. The molecule has 3 rings (SSSR count). The van der Waals surface area contributed by atoms with Crippen LogP contribution in [0.2, 0.25) is 0 Å². The van der Waals surface area contributed by atoms with E-state index in [4.69, 9.17) is 15.2 Å². The molecule has 0 aromatic heterocycles. The predicted molar refractivity (Wildman–Crippen MR) is 80.3 cm³/mol. The maximum absolute atomic E-state index is 13.4. The van der Waals surface area contributed by atoms with Crippen molar-refractivity contribution in [3.8, 4) is 5.75 Å². The third-order valence-corrected chi connectivity index (χ3v) is 4.00. The highest BCUT2D eigenvalue weighted by molar-refractivity contribution is 5.96. The van der Waals surface area contributed by atoms with E-state index in [1.807, 2.05) is 0 Å². The number of carbonyl (C=O) groups is 2. The Hall–Kier alpha value is -2.15. The van der Waals surface area contributed by atoms with Crippen LogP contribution in [-0.4, -0.2) is 30.6 Å². The summed E-state index contributed by atoms with van der Waals surface area (Å²) in [7, 11) is 0. The molecular weight excluding hydrogens is 303 g/mol. The van der Waals surface area contributed by atoms with Crippen LogP contribution in [0.4, 0.5) is 10.1 Å². The molecule has 1 saturated carbocycles. The van der Waals surface area contributed by atoms with Gasteiger partial charge in [0.25, 0.3) is 5.91 Å². The number of nitrogens with one attached hydrogen (secondary N) is 1. The predicted octanol–water partition coefficient (Wildman–Crippen LogP) is 1.59. The number of ether oxygens (including phenoxy) is 2. The molecule has 0 unspecified atom stereocenters. The van der Waals surface area contributed by atoms with Crippen molar-refractivity contribution in [2.75, 3.05) is 11.9 Å². The van der Waals surface area contributed by atoms with Crippen molar-refractivity contribution < 1.29 is 23.5 Å². The summed E-state index contributed by atoms with van der Waals surface area (Å²) in [5.41, 5.74) is 5.56. The number of amides is 2. The molecule has 6 nitrogen and oxygen atoms in total. The molecule has 23 heavy (non-hydrogen) atoms. The Labute approximate surface area is 133 Å². The molecule has 7 heteroatoms. The van der Waals surface area contributed by atoms with Crippen LogP contribution in [0.3, 0.4) is 0 Å². The van der Waals surface area contributed by atoms with Gasteiger partial charge < -0.3 is 20.5 Å². The Morgan fingerprint density at radius 3 is 2.65 bits per heavy atom. The number of carbonyl (C=O) groups excluding carboxylic acids is 2. The highest BCUT2D eigenvalue weighted by Gasteiger charge is 2.34. The maximum Gasteiger partial charge on any atom is 0.253 e.